The Bertz CT molecular complexity index is 654. The molecule has 0 unspecified atom stereocenters. The minimum atomic E-state index is -0.563. The number of carbonyl (C=O) groups excluding carboxylic acids is 1. The normalized spacial score (nSPS) is 21.2. The second kappa shape index (κ2) is 8.27. The van der Waals surface area contributed by atoms with Crippen molar-refractivity contribution in [2.75, 3.05) is 46.4 Å². The summed E-state index contributed by atoms with van der Waals surface area (Å²) in [5.41, 5.74) is 10.9. The van der Waals surface area contributed by atoms with Gasteiger partial charge >= 0.3 is 0 Å². The van der Waals surface area contributed by atoms with E-state index in [1.807, 2.05) is 7.05 Å². The number of morpholine rings is 1. The predicted octanol–water partition coefficient (Wildman–Crippen LogP) is 1.61. The third kappa shape index (κ3) is 4.51. The topological polar surface area (TPSA) is 62.0 Å². The molecule has 1 amide bonds. The number of benzene rings is 1. The Morgan fingerprint density at radius 1 is 1.07 bits per heavy atom. The first-order valence-corrected chi connectivity index (χ1v) is 10.00. The molecule has 2 heterocycles. The van der Waals surface area contributed by atoms with Crippen molar-refractivity contribution in [2.45, 2.75) is 45.7 Å². The van der Waals surface area contributed by atoms with Crippen molar-refractivity contribution in [3.8, 4) is 0 Å². The number of ether oxygens (including phenoxy) is 1. The van der Waals surface area contributed by atoms with E-state index in [0.29, 0.717) is 6.42 Å². The highest BCUT2D eigenvalue weighted by atomic mass is 16.5. The number of nitrogens with zero attached hydrogens (tertiary/aromatic N) is 3. The van der Waals surface area contributed by atoms with Crippen LogP contribution < -0.4 is 5.73 Å². The zero-order chi connectivity index (χ0) is 19.6. The van der Waals surface area contributed by atoms with Gasteiger partial charge in [-0.3, -0.25) is 4.79 Å². The first-order chi connectivity index (χ1) is 12.8. The first kappa shape index (κ1) is 20.3. The molecule has 2 aliphatic heterocycles. The molecular formula is C21H34N4O2. The monoisotopic (exact) mass is 374 g/mol. The molecule has 0 saturated carbocycles. The van der Waals surface area contributed by atoms with Gasteiger partial charge in [0.2, 0.25) is 5.91 Å². The number of hydrazine groups is 1. The fourth-order valence-electron chi connectivity index (χ4n) is 4.34. The lowest BCUT2D eigenvalue weighted by Crippen LogP contribution is -2.64. The Hall–Kier alpha value is -1.47. The predicted molar refractivity (Wildman–Crippen MR) is 107 cm³/mol. The smallest absolute Gasteiger partial charge is 0.228 e. The number of carbonyl (C=O) groups is 1. The molecule has 0 atom stereocenters. The molecule has 2 fully saturated rings. The van der Waals surface area contributed by atoms with Crippen molar-refractivity contribution in [1.29, 1.82) is 0 Å². The number of hydrogen-bond acceptors (Lipinski definition) is 5. The second-order valence-electron chi connectivity index (χ2n) is 8.13. The van der Waals surface area contributed by atoms with Crippen molar-refractivity contribution >= 4 is 5.91 Å². The number of likely N-dealkylation sites (N-methyl/N-ethyl adjacent to an activating group) is 1. The maximum absolute atomic E-state index is 13.0. The zero-order valence-corrected chi connectivity index (χ0v) is 17.3. The SMILES string of the molecule is Cc1cc(C)c(CC(=O)N(C)C2(N)CCN(N3CCOCC3)CC2)c(C)c1. The highest BCUT2D eigenvalue weighted by molar-refractivity contribution is 5.80. The molecule has 6 heteroatoms. The van der Waals surface area contributed by atoms with Crippen LogP contribution >= 0.6 is 0 Å². The lowest BCUT2D eigenvalue weighted by atomic mass is 9.94. The summed E-state index contributed by atoms with van der Waals surface area (Å²) >= 11 is 0. The third-order valence-corrected chi connectivity index (χ3v) is 6.20. The van der Waals surface area contributed by atoms with Gasteiger partial charge in [-0.1, -0.05) is 17.7 Å². The molecule has 0 spiro atoms. The number of piperidine rings is 1. The fraction of sp³-hybridized carbons (Fsp3) is 0.667. The van der Waals surface area contributed by atoms with Crippen LogP contribution in [-0.4, -0.2) is 72.9 Å². The molecule has 0 radical (unpaired) electrons. The van der Waals surface area contributed by atoms with Crippen LogP contribution in [0.15, 0.2) is 12.1 Å². The maximum Gasteiger partial charge on any atom is 0.228 e. The number of amides is 1. The van der Waals surface area contributed by atoms with Gasteiger partial charge in [0.25, 0.3) is 0 Å². The van der Waals surface area contributed by atoms with E-state index >= 15 is 0 Å². The van der Waals surface area contributed by atoms with Crippen LogP contribution in [0.3, 0.4) is 0 Å². The first-order valence-electron chi connectivity index (χ1n) is 10.00. The van der Waals surface area contributed by atoms with Crippen LogP contribution in [0.1, 0.15) is 35.1 Å². The van der Waals surface area contributed by atoms with Crippen molar-refractivity contribution in [3.63, 3.8) is 0 Å². The zero-order valence-electron chi connectivity index (χ0n) is 17.3. The van der Waals surface area contributed by atoms with Crippen molar-refractivity contribution in [2.24, 2.45) is 5.73 Å². The quantitative estimate of drug-likeness (QED) is 0.812. The highest BCUT2D eigenvalue weighted by Crippen LogP contribution is 2.26. The van der Waals surface area contributed by atoms with Gasteiger partial charge in [0.15, 0.2) is 0 Å². The van der Waals surface area contributed by atoms with Crippen LogP contribution in [0.5, 0.6) is 0 Å². The average molecular weight is 375 g/mol. The van der Waals surface area contributed by atoms with Crippen LogP contribution in [0, 0.1) is 20.8 Å². The van der Waals surface area contributed by atoms with Gasteiger partial charge in [0.1, 0.15) is 0 Å². The molecule has 150 valence electrons. The summed E-state index contributed by atoms with van der Waals surface area (Å²) in [4.78, 5) is 14.8. The van der Waals surface area contributed by atoms with Crippen molar-refractivity contribution in [1.82, 2.24) is 14.9 Å². The van der Waals surface area contributed by atoms with Gasteiger partial charge < -0.3 is 15.4 Å². The summed E-state index contributed by atoms with van der Waals surface area (Å²) in [6, 6.07) is 4.29. The van der Waals surface area contributed by atoms with Gasteiger partial charge in [-0.15, -0.1) is 0 Å². The molecule has 1 aromatic carbocycles. The number of nitrogens with two attached hydrogens (primary N) is 1. The summed E-state index contributed by atoms with van der Waals surface area (Å²) in [5.74, 6) is 0.104. The van der Waals surface area contributed by atoms with E-state index < -0.39 is 5.66 Å². The minimum absolute atomic E-state index is 0.104. The van der Waals surface area contributed by atoms with Crippen molar-refractivity contribution < 1.29 is 9.53 Å². The summed E-state index contributed by atoms with van der Waals surface area (Å²) in [6.45, 7) is 11.5. The van der Waals surface area contributed by atoms with Crippen LogP contribution in [0.2, 0.25) is 0 Å². The Kier molecular flexibility index (Phi) is 6.21. The van der Waals surface area contributed by atoms with Gasteiger partial charge in [0, 0.05) is 33.2 Å². The molecule has 0 aliphatic carbocycles. The van der Waals surface area contributed by atoms with E-state index in [9.17, 15) is 4.79 Å². The molecule has 2 saturated heterocycles. The molecule has 3 rings (SSSR count). The summed E-state index contributed by atoms with van der Waals surface area (Å²) in [6.07, 6.45) is 2.00. The van der Waals surface area contributed by atoms with Gasteiger partial charge in [-0.25, -0.2) is 10.0 Å². The molecule has 0 bridgehead atoms. The van der Waals surface area contributed by atoms with E-state index in [4.69, 9.17) is 10.5 Å². The number of aryl methyl sites for hydroxylation is 3. The van der Waals surface area contributed by atoms with Crippen LogP contribution in [-0.2, 0) is 16.0 Å². The fourth-order valence-corrected chi connectivity index (χ4v) is 4.34. The van der Waals surface area contributed by atoms with E-state index in [1.165, 1.54) is 16.7 Å². The van der Waals surface area contributed by atoms with E-state index in [-0.39, 0.29) is 5.91 Å². The molecular weight excluding hydrogens is 340 g/mol. The van der Waals surface area contributed by atoms with E-state index in [1.54, 1.807) is 4.90 Å². The maximum atomic E-state index is 13.0. The van der Waals surface area contributed by atoms with E-state index in [2.05, 4.69) is 42.9 Å². The minimum Gasteiger partial charge on any atom is -0.379 e. The third-order valence-electron chi connectivity index (χ3n) is 6.20. The summed E-state index contributed by atoms with van der Waals surface area (Å²) in [5, 5.41) is 4.74. The van der Waals surface area contributed by atoms with Gasteiger partial charge in [0.05, 0.1) is 25.3 Å². The largest absolute Gasteiger partial charge is 0.379 e. The Morgan fingerprint density at radius 3 is 2.15 bits per heavy atom. The van der Waals surface area contributed by atoms with Crippen LogP contribution in [0.4, 0.5) is 0 Å². The summed E-state index contributed by atoms with van der Waals surface area (Å²) in [7, 11) is 1.87. The molecule has 6 nitrogen and oxygen atoms in total. The lowest BCUT2D eigenvalue weighted by Gasteiger charge is -2.48. The molecule has 2 aliphatic rings. The molecule has 0 aromatic heterocycles. The van der Waals surface area contributed by atoms with Gasteiger partial charge in [-0.2, -0.15) is 0 Å². The van der Waals surface area contributed by atoms with Crippen LogP contribution in [0.25, 0.3) is 0 Å². The molecule has 2 N–H and O–H groups in total. The lowest BCUT2D eigenvalue weighted by molar-refractivity contribution is -0.143. The standard InChI is InChI=1S/C21H34N4O2/c1-16-13-17(2)19(18(3)14-16)15-20(26)23(4)21(22)5-7-24(8-6-21)25-9-11-27-12-10-25/h13-14H,5-12,15,22H2,1-4H3. The van der Waals surface area contributed by atoms with E-state index in [0.717, 1.165) is 57.8 Å². The molecule has 1 aromatic rings. The second-order valence-corrected chi connectivity index (χ2v) is 8.13. The summed E-state index contributed by atoms with van der Waals surface area (Å²) < 4.78 is 5.44. The molecule has 27 heavy (non-hydrogen) atoms. The van der Waals surface area contributed by atoms with Crippen molar-refractivity contribution in [3.05, 3.63) is 34.4 Å². The Morgan fingerprint density at radius 2 is 1.59 bits per heavy atom. The Balaban J connectivity index is 1.61. The highest BCUT2D eigenvalue weighted by Gasteiger charge is 2.38. The number of rotatable bonds is 4. The number of hydrogen-bond donors (Lipinski definition) is 1. The Labute approximate surface area is 163 Å². The average Bonchev–Trinajstić information content (AvgIpc) is 2.65. The van der Waals surface area contributed by atoms with Gasteiger partial charge in [-0.05, 0) is 50.3 Å².